The summed E-state index contributed by atoms with van der Waals surface area (Å²) in [5.74, 6) is -0.645. The minimum atomic E-state index is -0.862. The van der Waals surface area contributed by atoms with E-state index in [4.69, 9.17) is 17.3 Å². The second-order valence-corrected chi connectivity index (χ2v) is 3.74. The summed E-state index contributed by atoms with van der Waals surface area (Å²) in [6.07, 6.45) is 1.51. The number of nitrogens with one attached hydrogen (secondary N) is 1. The first-order valence-electron chi connectivity index (χ1n) is 4.30. The highest BCUT2D eigenvalue weighted by molar-refractivity contribution is 7.71. The lowest BCUT2D eigenvalue weighted by molar-refractivity contribution is -0.136. The fourth-order valence-corrected chi connectivity index (χ4v) is 1.42. The van der Waals surface area contributed by atoms with Gasteiger partial charge in [0.05, 0.1) is 6.42 Å². The Bertz CT molecular complexity index is 398. The molecule has 14 heavy (non-hydrogen) atoms. The van der Waals surface area contributed by atoms with Crippen molar-refractivity contribution in [3.05, 3.63) is 22.2 Å². The van der Waals surface area contributed by atoms with E-state index in [2.05, 4.69) is 9.97 Å². The van der Waals surface area contributed by atoms with E-state index in [1.54, 1.807) is 0 Å². The number of aromatic amines is 1. The molecule has 0 bridgehead atoms. The number of hydrogen-bond donors (Lipinski definition) is 2. The normalized spacial score (nSPS) is 10.5. The van der Waals surface area contributed by atoms with Crippen molar-refractivity contribution in [2.75, 3.05) is 0 Å². The zero-order valence-electron chi connectivity index (χ0n) is 8.07. The van der Waals surface area contributed by atoms with E-state index in [9.17, 15) is 4.79 Å². The molecule has 0 unspecified atom stereocenters. The van der Waals surface area contributed by atoms with E-state index in [-0.39, 0.29) is 12.3 Å². The highest BCUT2D eigenvalue weighted by Gasteiger charge is 2.10. The average Bonchev–Trinajstić information content (AvgIpc) is 2.07. The van der Waals surface area contributed by atoms with Gasteiger partial charge in [0.2, 0.25) is 0 Å². The Morgan fingerprint density at radius 1 is 1.71 bits per heavy atom. The first-order valence-corrected chi connectivity index (χ1v) is 4.71. The van der Waals surface area contributed by atoms with Crippen LogP contribution in [0.4, 0.5) is 0 Å². The molecule has 2 N–H and O–H groups in total. The van der Waals surface area contributed by atoms with Gasteiger partial charge in [0, 0.05) is 17.5 Å². The number of aromatic nitrogens is 2. The van der Waals surface area contributed by atoms with E-state index in [1.807, 2.05) is 13.8 Å². The molecule has 0 aliphatic rings. The van der Waals surface area contributed by atoms with Crippen LogP contribution >= 0.6 is 12.2 Å². The van der Waals surface area contributed by atoms with Gasteiger partial charge < -0.3 is 10.1 Å². The number of carboxylic acids is 1. The molecule has 0 atom stereocenters. The third-order valence-corrected chi connectivity index (χ3v) is 2.05. The number of aliphatic carboxylic acids is 1. The molecule has 0 saturated heterocycles. The molecule has 0 fully saturated rings. The zero-order chi connectivity index (χ0) is 10.7. The minimum absolute atomic E-state index is 0.0212. The second-order valence-electron chi connectivity index (χ2n) is 3.35. The number of carbonyl (C=O) groups is 1. The van der Waals surface area contributed by atoms with Crippen molar-refractivity contribution in [3.63, 3.8) is 0 Å². The molecule has 0 spiro atoms. The maximum absolute atomic E-state index is 10.6. The molecule has 0 aliphatic carbocycles. The summed E-state index contributed by atoms with van der Waals surface area (Å²) >= 11 is 4.88. The highest BCUT2D eigenvalue weighted by atomic mass is 32.1. The maximum atomic E-state index is 10.6. The van der Waals surface area contributed by atoms with Crippen molar-refractivity contribution in [2.24, 2.45) is 0 Å². The van der Waals surface area contributed by atoms with Crippen molar-refractivity contribution in [3.8, 4) is 0 Å². The number of nitrogens with zero attached hydrogens (tertiary/aromatic N) is 1. The minimum Gasteiger partial charge on any atom is -0.481 e. The Labute approximate surface area is 87.0 Å². The van der Waals surface area contributed by atoms with Crippen LogP contribution in [0.5, 0.6) is 0 Å². The van der Waals surface area contributed by atoms with Crippen LogP contribution in [0.1, 0.15) is 31.0 Å². The zero-order valence-corrected chi connectivity index (χ0v) is 8.89. The second kappa shape index (κ2) is 4.32. The fourth-order valence-electron chi connectivity index (χ4n) is 1.25. The van der Waals surface area contributed by atoms with Crippen LogP contribution in [0.3, 0.4) is 0 Å². The summed E-state index contributed by atoms with van der Waals surface area (Å²) in [5, 5.41) is 8.67. The first kappa shape index (κ1) is 10.8. The molecule has 76 valence electrons. The smallest absolute Gasteiger partial charge is 0.307 e. The largest absolute Gasteiger partial charge is 0.481 e. The Kier molecular flexibility index (Phi) is 3.35. The Morgan fingerprint density at radius 2 is 2.36 bits per heavy atom. The number of hydrogen-bond acceptors (Lipinski definition) is 3. The van der Waals surface area contributed by atoms with Crippen molar-refractivity contribution >= 4 is 18.2 Å². The summed E-state index contributed by atoms with van der Waals surface area (Å²) < 4.78 is 0.392. The molecule has 0 saturated carbocycles. The molecule has 5 heteroatoms. The molecule has 0 amide bonds. The third kappa shape index (κ3) is 2.63. The monoisotopic (exact) mass is 212 g/mol. The van der Waals surface area contributed by atoms with E-state index >= 15 is 0 Å². The predicted molar refractivity (Wildman–Crippen MR) is 54.9 cm³/mol. The van der Waals surface area contributed by atoms with Crippen LogP contribution < -0.4 is 0 Å². The van der Waals surface area contributed by atoms with Crippen LogP contribution in [0, 0.1) is 4.77 Å². The molecule has 0 aromatic carbocycles. The van der Waals surface area contributed by atoms with E-state index in [0.717, 1.165) is 5.69 Å². The number of H-pyrrole nitrogens is 1. The SMILES string of the molecule is CC(C)c1[nH]c(=S)ncc1CC(=O)O. The molecule has 0 aliphatic heterocycles. The molecule has 1 heterocycles. The van der Waals surface area contributed by atoms with Gasteiger partial charge in [-0.3, -0.25) is 4.79 Å². The lowest BCUT2D eigenvalue weighted by Gasteiger charge is -2.09. The van der Waals surface area contributed by atoms with Crippen LogP contribution in [-0.4, -0.2) is 21.0 Å². The van der Waals surface area contributed by atoms with Gasteiger partial charge in [-0.2, -0.15) is 0 Å². The quantitative estimate of drug-likeness (QED) is 0.751. The average molecular weight is 212 g/mol. The Balaban J connectivity index is 3.14. The van der Waals surface area contributed by atoms with E-state index in [1.165, 1.54) is 6.20 Å². The van der Waals surface area contributed by atoms with E-state index in [0.29, 0.717) is 10.3 Å². The van der Waals surface area contributed by atoms with Crippen LogP contribution in [-0.2, 0) is 11.2 Å². The summed E-state index contributed by atoms with van der Waals surface area (Å²) in [6.45, 7) is 3.96. The van der Waals surface area contributed by atoms with Gasteiger partial charge in [0.25, 0.3) is 0 Å². The topological polar surface area (TPSA) is 66.0 Å². The van der Waals surface area contributed by atoms with Crippen LogP contribution in [0.2, 0.25) is 0 Å². The van der Waals surface area contributed by atoms with E-state index < -0.39 is 5.97 Å². The van der Waals surface area contributed by atoms with Crippen LogP contribution in [0.25, 0.3) is 0 Å². The molecular weight excluding hydrogens is 200 g/mol. The van der Waals surface area contributed by atoms with Gasteiger partial charge in [-0.15, -0.1) is 0 Å². The van der Waals surface area contributed by atoms with Gasteiger partial charge >= 0.3 is 5.97 Å². The first-order chi connectivity index (χ1) is 6.50. The molecular formula is C9H12N2O2S. The van der Waals surface area contributed by atoms with Crippen molar-refractivity contribution in [2.45, 2.75) is 26.2 Å². The fraction of sp³-hybridized carbons (Fsp3) is 0.444. The predicted octanol–water partition coefficient (Wildman–Crippen LogP) is 1.89. The van der Waals surface area contributed by atoms with Gasteiger partial charge in [-0.1, -0.05) is 13.8 Å². The molecule has 1 aromatic rings. The Morgan fingerprint density at radius 3 is 2.86 bits per heavy atom. The molecule has 1 rings (SSSR count). The van der Waals surface area contributed by atoms with Gasteiger partial charge in [-0.05, 0) is 18.1 Å². The standard InChI is InChI=1S/C9H12N2O2S/c1-5(2)8-6(3-7(12)13)4-10-9(14)11-8/h4-5H,3H2,1-2H3,(H,12,13)(H,10,11,14). The summed E-state index contributed by atoms with van der Waals surface area (Å²) in [6, 6.07) is 0. The summed E-state index contributed by atoms with van der Waals surface area (Å²) in [4.78, 5) is 17.4. The van der Waals surface area contributed by atoms with Gasteiger partial charge in [0.15, 0.2) is 4.77 Å². The summed E-state index contributed by atoms with van der Waals surface area (Å²) in [5.41, 5.74) is 1.55. The van der Waals surface area contributed by atoms with Crippen molar-refractivity contribution in [1.29, 1.82) is 0 Å². The lowest BCUT2D eigenvalue weighted by atomic mass is 10.0. The third-order valence-electron chi connectivity index (χ3n) is 1.84. The van der Waals surface area contributed by atoms with Crippen molar-refractivity contribution < 1.29 is 9.90 Å². The lowest BCUT2D eigenvalue weighted by Crippen LogP contribution is -2.07. The number of carboxylic acid groups (broad SMARTS) is 1. The Hall–Kier alpha value is -1.23. The van der Waals surface area contributed by atoms with Crippen molar-refractivity contribution in [1.82, 2.24) is 9.97 Å². The molecule has 0 radical (unpaired) electrons. The van der Waals surface area contributed by atoms with Gasteiger partial charge in [0.1, 0.15) is 0 Å². The molecule has 4 nitrogen and oxygen atoms in total. The number of rotatable bonds is 3. The van der Waals surface area contributed by atoms with Crippen LogP contribution in [0.15, 0.2) is 6.20 Å². The molecule has 1 aromatic heterocycles. The van der Waals surface area contributed by atoms with Gasteiger partial charge in [-0.25, -0.2) is 4.98 Å². The maximum Gasteiger partial charge on any atom is 0.307 e. The summed E-state index contributed by atoms with van der Waals surface area (Å²) in [7, 11) is 0. The highest BCUT2D eigenvalue weighted by Crippen LogP contribution is 2.16.